The van der Waals surface area contributed by atoms with Crippen molar-refractivity contribution in [3.8, 4) is 5.75 Å². The number of rotatable bonds is 5. The lowest BCUT2D eigenvalue weighted by molar-refractivity contribution is -0.126. The summed E-state index contributed by atoms with van der Waals surface area (Å²) in [6, 6.07) is 7.37. The molecule has 104 valence electrons. The Kier molecular flexibility index (Phi) is 4.74. The van der Waals surface area contributed by atoms with Crippen LogP contribution in [-0.4, -0.2) is 24.1 Å². The van der Waals surface area contributed by atoms with E-state index in [4.69, 9.17) is 15.7 Å². The van der Waals surface area contributed by atoms with Gasteiger partial charge in [-0.1, -0.05) is 17.3 Å². The van der Waals surface area contributed by atoms with Gasteiger partial charge in [0.2, 0.25) is 5.91 Å². The van der Waals surface area contributed by atoms with Gasteiger partial charge in [0.25, 0.3) is 0 Å². The van der Waals surface area contributed by atoms with E-state index >= 15 is 0 Å². The molecular formula is C13H19N3O3. The molecule has 0 aliphatic carbocycles. The zero-order valence-electron chi connectivity index (χ0n) is 11.3. The molecule has 6 heteroatoms. The number of amidine groups is 1. The molecule has 6 nitrogen and oxygen atoms in total. The number of nitrogens with one attached hydrogen (secondary N) is 1. The Morgan fingerprint density at radius 3 is 2.79 bits per heavy atom. The third-order valence-electron chi connectivity index (χ3n) is 2.90. The second-order valence-electron chi connectivity index (χ2n) is 4.64. The van der Waals surface area contributed by atoms with Crippen molar-refractivity contribution >= 4 is 11.7 Å². The zero-order chi connectivity index (χ0) is 14.5. The highest BCUT2D eigenvalue weighted by Crippen LogP contribution is 2.16. The van der Waals surface area contributed by atoms with Crippen LogP contribution >= 0.6 is 0 Å². The number of methoxy groups -OCH3 is 1. The van der Waals surface area contributed by atoms with Gasteiger partial charge < -0.3 is 21.0 Å². The molecule has 0 radical (unpaired) electrons. The van der Waals surface area contributed by atoms with Crippen molar-refractivity contribution in [3.05, 3.63) is 29.8 Å². The summed E-state index contributed by atoms with van der Waals surface area (Å²) in [6.45, 7) is 3.52. The lowest BCUT2D eigenvalue weighted by Gasteiger charge is -2.21. The van der Waals surface area contributed by atoms with Gasteiger partial charge in [0.05, 0.1) is 7.11 Å². The number of benzene rings is 1. The highest BCUT2D eigenvalue weighted by Gasteiger charge is 2.32. The van der Waals surface area contributed by atoms with Crippen LogP contribution < -0.4 is 15.8 Å². The first-order valence-electron chi connectivity index (χ1n) is 5.81. The molecule has 1 aromatic rings. The van der Waals surface area contributed by atoms with E-state index < -0.39 is 5.41 Å². The summed E-state index contributed by atoms with van der Waals surface area (Å²) in [5.74, 6) is 0.281. The third kappa shape index (κ3) is 3.61. The molecule has 0 aromatic heterocycles. The SMILES string of the molecule is COc1cccc(CNC(=O)C(C)(C)C(N)=NO)c1. The van der Waals surface area contributed by atoms with Gasteiger partial charge in [0, 0.05) is 6.54 Å². The monoisotopic (exact) mass is 265 g/mol. The number of hydrogen-bond acceptors (Lipinski definition) is 4. The Hall–Kier alpha value is -2.24. The number of amides is 1. The fourth-order valence-corrected chi connectivity index (χ4v) is 1.43. The van der Waals surface area contributed by atoms with Gasteiger partial charge in [0.1, 0.15) is 11.2 Å². The van der Waals surface area contributed by atoms with Crippen molar-refractivity contribution in [1.82, 2.24) is 5.32 Å². The van der Waals surface area contributed by atoms with E-state index in [-0.39, 0.29) is 11.7 Å². The van der Waals surface area contributed by atoms with Crippen LogP contribution in [0.5, 0.6) is 5.75 Å². The zero-order valence-corrected chi connectivity index (χ0v) is 11.3. The predicted octanol–water partition coefficient (Wildman–Crippen LogP) is 1.08. The van der Waals surface area contributed by atoms with Crippen LogP contribution in [0.1, 0.15) is 19.4 Å². The molecule has 1 aromatic carbocycles. The molecule has 0 unspecified atom stereocenters. The first kappa shape index (κ1) is 14.8. The quantitative estimate of drug-likeness (QED) is 0.321. The maximum Gasteiger partial charge on any atom is 0.233 e. The second-order valence-corrected chi connectivity index (χ2v) is 4.64. The van der Waals surface area contributed by atoms with Crippen molar-refractivity contribution in [2.24, 2.45) is 16.3 Å². The van der Waals surface area contributed by atoms with Gasteiger partial charge in [-0.2, -0.15) is 0 Å². The standard InChI is InChI=1S/C13H19N3O3/c1-13(2,11(14)16-18)12(17)15-8-9-5-4-6-10(7-9)19-3/h4-7,18H,8H2,1-3H3,(H2,14,16)(H,15,17). The number of nitrogens with zero attached hydrogens (tertiary/aromatic N) is 1. The Balaban J connectivity index is 2.68. The first-order chi connectivity index (χ1) is 8.91. The highest BCUT2D eigenvalue weighted by atomic mass is 16.5. The van der Waals surface area contributed by atoms with Crippen LogP contribution in [-0.2, 0) is 11.3 Å². The molecule has 0 saturated carbocycles. The molecule has 0 bridgehead atoms. The fourth-order valence-electron chi connectivity index (χ4n) is 1.43. The molecule has 0 atom stereocenters. The number of oxime groups is 1. The van der Waals surface area contributed by atoms with E-state index in [0.717, 1.165) is 11.3 Å². The normalized spacial score (nSPS) is 12.1. The molecule has 0 saturated heterocycles. The lowest BCUT2D eigenvalue weighted by atomic mass is 9.91. The minimum Gasteiger partial charge on any atom is -0.497 e. The topological polar surface area (TPSA) is 96.9 Å². The molecule has 0 aliphatic heterocycles. The van der Waals surface area contributed by atoms with Crippen molar-refractivity contribution in [1.29, 1.82) is 0 Å². The molecule has 1 amide bonds. The molecule has 1 rings (SSSR count). The second kappa shape index (κ2) is 6.08. The summed E-state index contributed by atoms with van der Waals surface area (Å²) in [5.41, 5.74) is 5.33. The number of ether oxygens (including phenoxy) is 1. The van der Waals surface area contributed by atoms with Crippen molar-refractivity contribution in [2.45, 2.75) is 20.4 Å². The van der Waals surface area contributed by atoms with Crippen LogP contribution in [0.15, 0.2) is 29.4 Å². The van der Waals surface area contributed by atoms with E-state index in [0.29, 0.717) is 6.54 Å². The van der Waals surface area contributed by atoms with Crippen molar-refractivity contribution in [3.63, 3.8) is 0 Å². The average molecular weight is 265 g/mol. The average Bonchev–Trinajstić information content (AvgIpc) is 2.43. The minimum absolute atomic E-state index is 0.129. The number of hydrogen-bond donors (Lipinski definition) is 3. The molecular weight excluding hydrogens is 246 g/mol. The van der Waals surface area contributed by atoms with E-state index in [1.165, 1.54) is 0 Å². The molecule has 19 heavy (non-hydrogen) atoms. The van der Waals surface area contributed by atoms with Crippen LogP contribution in [0.3, 0.4) is 0 Å². The number of carbonyl (C=O) groups is 1. The van der Waals surface area contributed by atoms with E-state index in [1.807, 2.05) is 24.3 Å². The maximum absolute atomic E-state index is 12.0. The van der Waals surface area contributed by atoms with Crippen LogP contribution in [0, 0.1) is 5.41 Å². The van der Waals surface area contributed by atoms with Crippen LogP contribution in [0.25, 0.3) is 0 Å². The first-order valence-corrected chi connectivity index (χ1v) is 5.81. The van der Waals surface area contributed by atoms with Crippen LogP contribution in [0.2, 0.25) is 0 Å². The van der Waals surface area contributed by atoms with Gasteiger partial charge >= 0.3 is 0 Å². The molecule has 0 heterocycles. The van der Waals surface area contributed by atoms with Gasteiger partial charge in [-0.05, 0) is 31.5 Å². The fraction of sp³-hybridized carbons (Fsp3) is 0.385. The molecule has 0 aliphatic rings. The molecule has 4 N–H and O–H groups in total. The van der Waals surface area contributed by atoms with Gasteiger partial charge in [0.15, 0.2) is 5.84 Å². The summed E-state index contributed by atoms with van der Waals surface area (Å²) in [4.78, 5) is 12.0. The number of nitrogens with two attached hydrogens (primary N) is 1. The Bertz CT molecular complexity index is 484. The Morgan fingerprint density at radius 1 is 1.53 bits per heavy atom. The van der Waals surface area contributed by atoms with Crippen molar-refractivity contribution < 1.29 is 14.7 Å². The third-order valence-corrected chi connectivity index (χ3v) is 2.90. The number of carbonyl (C=O) groups excluding carboxylic acids is 1. The summed E-state index contributed by atoms with van der Waals surface area (Å²) in [5, 5.41) is 14.3. The van der Waals surface area contributed by atoms with Crippen LogP contribution in [0.4, 0.5) is 0 Å². The van der Waals surface area contributed by atoms with Gasteiger partial charge in [-0.15, -0.1) is 0 Å². The van der Waals surface area contributed by atoms with E-state index in [9.17, 15) is 4.79 Å². The maximum atomic E-state index is 12.0. The van der Waals surface area contributed by atoms with Gasteiger partial charge in [-0.25, -0.2) is 0 Å². The molecule has 0 fully saturated rings. The van der Waals surface area contributed by atoms with Crippen molar-refractivity contribution in [2.75, 3.05) is 7.11 Å². The van der Waals surface area contributed by atoms with Gasteiger partial charge in [-0.3, -0.25) is 4.79 Å². The lowest BCUT2D eigenvalue weighted by Crippen LogP contribution is -2.45. The van der Waals surface area contributed by atoms with E-state index in [2.05, 4.69) is 10.5 Å². The minimum atomic E-state index is -1.06. The Morgan fingerprint density at radius 2 is 2.21 bits per heavy atom. The summed E-state index contributed by atoms with van der Waals surface area (Å²) in [7, 11) is 1.58. The Labute approximate surface area is 112 Å². The summed E-state index contributed by atoms with van der Waals surface area (Å²) in [6.07, 6.45) is 0. The largest absolute Gasteiger partial charge is 0.497 e. The summed E-state index contributed by atoms with van der Waals surface area (Å²) >= 11 is 0. The predicted molar refractivity (Wildman–Crippen MR) is 72.0 cm³/mol. The highest BCUT2D eigenvalue weighted by molar-refractivity contribution is 6.05. The van der Waals surface area contributed by atoms with E-state index in [1.54, 1.807) is 21.0 Å². The molecule has 0 spiro atoms. The smallest absolute Gasteiger partial charge is 0.233 e. The summed E-state index contributed by atoms with van der Waals surface area (Å²) < 4.78 is 5.10.